The van der Waals surface area contributed by atoms with Crippen molar-refractivity contribution in [3.63, 3.8) is 0 Å². The number of hydrazine groups is 2. The Labute approximate surface area is 84.2 Å². The predicted octanol–water partition coefficient (Wildman–Crippen LogP) is -4.39. The normalized spacial score (nSPS) is 13.5. The van der Waals surface area contributed by atoms with Crippen LogP contribution in [0.3, 0.4) is 0 Å². The summed E-state index contributed by atoms with van der Waals surface area (Å²) >= 11 is 0. The van der Waals surface area contributed by atoms with Gasteiger partial charge in [-0.25, -0.2) is 11.7 Å². The molecule has 0 saturated carbocycles. The van der Waals surface area contributed by atoms with Gasteiger partial charge in [-0.2, -0.15) is 0 Å². The van der Waals surface area contributed by atoms with Gasteiger partial charge < -0.3 is 15.6 Å². The monoisotopic (exact) mass is 220 g/mol. The smallest absolute Gasteiger partial charge is 0.279 e. The van der Waals surface area contributed by atoms with Crippen molar-refractivity contribution < 1.29 is 19.4 Å². The van der Waals surface area contributed by atoms with E-state index in [0.29, 0.717) is 0 Å². The van der Waals surface area contributed by atoms with Crippen molar-refractivity contribution in [1.29, 1.82) is 5.41 Å². The lowest BCUT2D eigenvalue weighted by Crippen LogP contribution is -2.54. The second-order valence-corrected chi connectivity index (χ2v) is 2.36. The molecule has 86 valence electrons. The second kappa shape index (κ2) is 5.74. The molecule has 10 heteroatoms. The van der Waals surface area contributed by atoms with E-state index in [2.05, 4.69) is 4.74 Å². The first kappa shape index (κ1) is 13.1. The van der Waals surface area contributed by atoms with Crippen molar-refractivity contribution in [3.05, 3.63) is 0 Å². The number of ether oxygens (including phenoxy) is 1. The van der Waals surface area contributed by atoms with Crippen LogP contribution in [0.25, 0.3) is 0 Å². The first-order chi connectivity index (χ1) is 6.93. The number of hydrogen-bond donors (Lipinski definition) is 7. The Bertz CT molecular complexity index is 268. The third kappa shape index (κ3) is 3.76. The standard InChI is InChI=1S/C5H12N6O4/c6-5(7)15-2(4(14)11-9)1(12)3(13)10-8/h1-2,12H,8-9H2,(H3,6,7)(H,10,13)(H,11,14). The van der Waals surface area contributed by atoms with Crippen molar-refractivity contribution in [1.82, 2.24) is 10.9 Å². The summed E-state index contributed by atoms with van der Waals surface area (Å²) in [6, 6.07) is -0.854. The lowest BCUT2D eigenvalue weighted by molar-refractivity contribution is -0.145. The van der Waals surface area contributed by atoms with E-state index in [9.17, 15) is 14.7 Å². The molecular weight excluding hydrogens is 208 g/mol. The zero-order valence-electron chi connectivity index (χ0n) is 7.56. The Morgan fingerprint density at radius 2 is 1.73 bits per heavy atom. The first-order valence-corrected chi connectivity index (χ1v) is 3.63. The van der Waals surface area contributed by atoms with Crippen LogP contribution in [0.2, 0.25) is 0 Å². The van der Waals surface area contributed by atoms with Gasteiger partial charge in [0.15, 0.2) is 6.10 Å². The van der Waals surface area contributed by atoms with E-state index in [4.69, 9.17) is 22.8 Å². The maximum absolute atomic E-state index is 11.0. The van der Waals surface area contributed by atoms with Crippen LogP contribution in [0.15, 0.2) is 0 Å². The molecule has 0 bridgehead atoms. The average molecular weight is 220 g/mol. The highest BCUT2D eigenvalue weighted by Gasteiger charge is 2.34. The number of hydrogen-bond acceptors (Lipinski definition) is 7. The Morgan fingerprint density at radius 3 is 2.07 bits per heavy atom. The number of nitrogens with two attached hydrogens (primary N) is 3. The van der Waals surface area contributed by atoms with E-state index in [0.717, 1.165) is 0 Å². The van der Waals surface area contributed by atoms with E-state index in [1.54, 1.807) is 10.9 Å². The summed E-state index contributed by atoms with van der Waals surface area (Å²) in [6.07, 6.45) is -3.67. The molecule has 2 amide bonds. The molecule has 15 heavy (non-hydrogen) atoms. The summed E-state index contributed by atoms with van der Waals surface area (Å²) in [5, 5.41) is 16.0. The van der Waals surface area contributed by atoms with Crippen molar-refractivity contribution in [2.45, 2.75) is 12.2 Å². The third-order valence-corrected chi connectivity index (χ3v) is 1.35. The molecule has 0 aromatic rings. The average Bonchev–Trinajstić information content (AvgIpc) is 2.22. The molecule has 2 atom stereocenters. The van der Waals surface area contributed by atoms with E-state index in [1.165, 1.54) is 0 Å². The quantitative estimate of drug-likeness (QED) is 0.0817. The van der Waals surface area contributed by atoms with E-state index in [1.807, 2.05) is 0 Å². The summed E-state index contributed by atoms with van der Waals surface area (Å²) in [5.74, 6) is 7.38. The van der Waals surface area contributed by atoms with Gasteiger partial charge in [0.05, 0.1) is 0 Å². The number of amides is 2. The van der Waals surface area contributed by atoms with Gasteiger partial charge >= 0.3 is 0 Å². The fraction of sp³-hybridized carbons (Fsp3) is 0.400. The van der Waals surface area contributed by atoms with Gasteiger partial charge in [0.2, 0.25) is 6.10 Å². The Hall–Kier alpha value is -1.91. The third-order valence-electron chi connectivity index (χ3n) is 1.35. The number of carbonyl (C=O) groups excluding carboxylic acids is 2. The minimum absolute atomic E-state index is 0.854. The van der Waals surface area contributed by atoms with Crippen molar-refractivity contribution in [2.24, 2.45) is 17.4 Å². The summed E-state index contributed by atoms with van der Waals surface area (Å²) in [7, 11) is 0. The first-order valence-electron chi connectivity index (χ1n) is 3.63. The van der Waals surface area contributed by atoms with Crippen LogP contribution in [0.1, 0.15) is 0 Å². The molecule has 0 aliphatic rings. The second-order valence-electron chi connectivity index (χ2n) is 2.36. The molecule has 10 N–H and O–H groups in total. The van der Waals surface area contributed by atoms with Crippen molar-refractivity contribution >= 4 is 17.8 Å². The topological polar surface area (TPSA) is 190 Å². The number of nitrogens with one attached hydrogen (secondary N) is 3. The number of aliphatic hydroxyl groups excluding tert-OH is 1. The maximum Gasteiger partial charge on any atom is 0.279 e. The molecule has 2 unspecified atom stereocenters. The fourth-order valence-corrected chi connectivity index (χ4v) is 0.703. The lowest BCUT2D eigenvalue weighted by Gasteiger charge is -2.19. The summed E-state index contributed by atoms with van der Waals surface area (Å²) in [4.78, 5) is 21.9. The molecule has 10 nitrogen and oxygen atoms in total. The van der Waals surface area contributed by atoms with Crippen LogP contribution in [-0.4, -0.2) is 35.2 Å². The van der Waals surface area contributed by atoms with Gasteiger partial charge in [-0.1, -0.05) is 0 Å². The van der Waals surface area contributed by atoms with Crippen molar-refractivity contribution in [3.8, 4) is 0 Å². The minimum atomic E-state index is -1.93. The molecule has 0 rings (SSSR count). The van der Waals surface area contributed by atoms with Crippen LogP contribution in [0.4, 0.5) is 0 Å². The highest BCUT2D eigenvalue weighted by atomic mass is 16.5. The molecule has 0 spiro atoms. The molecule has 0 aliphatic heterocycles. The van der Waals surface area contributed by atoms with Crippen LogP contribution >= 0.6 is 0 Å². The SMILES string of the molecule is N=C(N)OC(C(=O)NN)C(O)C(=O)NN. The van der Waals surface area contributed by atoms with Gasteiger partial charge in [-0.05, 0) is 0 Å². The lowest BCUT2D eigenvalue weighted by atomic mass is 10.2. The summed E-state index contributed by atoms with van der Waals surface area (Å²) in [5.41, 5.74) is 8.06. The number of rotatable bonds is 4. The van der Waals surface area contributed by atoms with Gasteiger partial charge in [0.1, 0.15) is 0 Å². The minimum Gasteiger partial charge on any atom is -0.449 e. The van der Waals surface area contributed by atoms with Gasteiger partial charge in [-0.15, -0.1) is 0 Å². The Kier molecular flexibility index (Phi) is 5.01. The zero-order valence-corrected chi connectivity index (χ0v) is 7.56. The number of carbonyl (C=O) groups is 2. The molecule has 0 aromatic heterocycles. The Balaban J connectivity index is 4.68. The van der Waals surface area contributed by atoms with E-state index >= 15 is 0 Å². The van der Waals surface area contributed by atoms with Gasteiger partial charge in [0, 0.05) is 0 Å². The zero-order chi connectivity index (χ0) is 12.0. The number of aliphatic hydroxyl groups is 1. The number of amidine groups is 1. The maximum atomic E-state index is 11.0. The molecule has 0 fully saturated rings. The van der Waals surface area contributed by atoms with Crippen LogP contribution in [0, 0.1) is 5.41 Å². The van der Waals surface area contributed by atoms with E-state index < -0.39 is 30.0 Å². The highest BCUT2D eigenvalue weighted by molar-refractivity contribution is 5.91. The van der Waals surface area contributed by atoms with Crippen LogP contribution < -0.4 is 28.3 Å². The predicted molar refractivity (Wildman–Crippen MR) is 47.5 cm³/mol. The molecule has 0 heterocycles. The van der Waals surface area contributed by atoms with E-state index in [-0.39, 0.29) is 0 Å². The molecule has 0 saturated heterocycles. The highest BCUT2D eigenvalue weighted by Crippen LogP contribution is 1.99. The summed E-state index contributed by atoms with van der Waals surface area (Å²) in [6.45, 7) is 0. The van der Waals surface area contributed by atoms with Gasteiger partial charge in [-0.3, -0.25) is 25.8 Å². The van der Waals surface area contributed by atoms with Crippen molar-refractivity contribution in [2.75, 3.05) is 0 Å². The molecule has 0 aliphatic carbocycles. The molecule has 0 aromatic carbocycles. The summed E-state index contributed by atoms with van der Waals surface area (Å²) < 4.78 is 4.39. The largest absolute Gasteiger partial charge is 0.449 e. The van der Waals surface area contributed by atoms with Crippen LogP contribution in [0.5, 0.6) is 0 Å². The fourth-order valence-electron chi connectivity index (χ4n) is 0.703. The molecular formula is C5H12N6O4. The molecule has 0 radical (unpaired) electrons. The van der Waals surface area contributed by atoms with Crippen LogP contribution in [-0.2, 0) is 14.3 Å². The van der Waals surface area contributed by atoms with Gasteiger partial charge in [0.25, 0.3) is 17.8 Å². The Morgan fingerprint density at radius 1 is 1.27 bits per heavy atom.